The van der Waals surface area contributed by atoms with Gasteiger partial charge in [-0.2, -0.15) is 10.5 Å². The first-order valence-corrected chi connectivity index (χ1v) is 4.90. The van der Waals surface area contributed by atoms with Gasteiger partial charge in [-0.05, 0) is 13.0 Å². The molecule has 4 nitrogen and oxygen atoms in total. The van der Waals surface area contributed by atoms with Crippen molar-refractivity contribution in [2.75, 3.05) is 26.2 Å². The third kappa shape index (κ3) is 7.54. The molecule has 0 radical (unpaired) electrons. The zero-order valence-electron chi connectivity index (χ0n) is 8.95. The van der Waals surface area contributed by atoms with Gasteiger partial charge in [-0.3, -0.25) is 4.90 Å². The fraction of sp³-hybridized carbons (Fsp3) is 0.800. The lowest BCUT2D eigenvalue weighted by atomic mass is 10.3. The van der Waals surface area contributed by atoms with Crippen LogP contribution in [-0.4, -0.2) is 37.1 Å². The van der Waals surface area contributed by atoms with Gasteiger partial charge in [-0.1, -0.05) is 13.8 Å². The van der Waals surface area contributed by atoms with Crippen LogP contribution in [-0.2, 0) is 0 Å². The van der Waals surface area contributed by atoms with Gasteiger partial charge >= 0.3 is 0 Å². The van der Waals surface area contributed by atoms with Crippen LogP contribution in [0, 0.1) is 22.7 Å². The Balaban J connectivity index is 3.52. The highest BCUT2D eigenvalue weighted by molar-refractivity contribution is 4.83. The summed E-state index contributed by atoms with van der Waals surface area (Å²) in [6, 6.07) is 4.61. The van der Waals surface area contributed by atoms with E-state index in [1.807, 2.05) is 4.90 Å². The largest absolute Gasteiger partial charge is 0.314 e. The number of nitrogens with one attached hydrogen (secondary N) is 1. The maximum Gasteiger partial charge on any atom is 0.0874 e. The Bertz CT molecular complexity index is 195. The van der Waals surface area contributed by atoms with Crippen molar-refractivity contribution in [3.8, 4) is 12.1 Å². The second-order valence-electron chi connectivity index (χ2n) is 3.49. The summed E-state index contributed by atoms with van der Waals surface area (Å²) in [4.78, 5) is 1.85. The molecule has 0 aromatic carbocycles. The molecule has 78 valence electrons. The van der Waals surface area contributed by atoms with Crippen molar-refractivity contribution in [3.05, 3.63) is 0 Å². The van der Waals surface area contributed by atoms with Crippen LogP contribution in [0.1, 0.15) is 20.3 Å². The first-order chi connectivity index (χ1) is 6.70. The van der Waals surface area contributed by atoms with Crippen molar-refractivity contribution >= 4 is 0 Å². The fourth-order valence-corrected chi connectivity index (χ4v) is 1.11. The van der Waals surface area contributed by atoms with E-state index in [4.69, 9.17) is 10.5 Å². The third-order valence-corrected chi connectivity index (χ3v) is 1.79. The predicted molar refractivity (Wildman–Crippen MR) is 55.4 cm³/mol. The SMILES string of the molecule is CC(C)NCCCN(CC#N)CC#N. The second-order valence-corrected chi connectivity index (χ2v) is 3.49. The molecule has 0 aliphatic rings. The number of rotatable bonds is 7. The summed E-state index contributed by atoms with van der Waals surface area (Å²) in [6.07, 6.45) is 0.974. The van der Waals surface area contributed by atoms with Crippen LogP contribution in [0.5, 0.6) is 0 Å². The van der Waals surface area contributed by atoms with Crippen molar-refractivity contribution in [1.82, 2.24) is 10.2 Å². The zero-order chi connectivity index (χ0) is 10.8. The summed E-state index contributed by atoms with van der Waals surface area (Å²) in [5.74, 6) is 0. The Morgan fingerprint density at radius 2 is 1.79 bits per heavy atom. The second kappa shape index (κ2) is 8.50. The van der Waals surface area contributed by atoms with Crippen molar-refractivity contribution in [1.29, 1.82) is 10.5 Å². The molecule has 0 aliphatic carbocycles. The van der Waals surface area contributed by atoms with Gasteiger partial charge in [0.15, 0.2) is 0 Å². The molecule has 1 N–H and O–H groups in total. The maximum atomic E-state index is 8.49. The van der Waals surface area contributed by atoms with Crippen LogP contribution in [0.2, 0.25) is 0 Å². The van der Waals surface area contributed by atoms with Gasteiger partial charge in [0.2, 0.25) is 0 Å². The van der Waals surface area contributed by atoms with E-state index in [0.29, 0.717) is 19.1 Å². The van der Waals surface area contributed by atoms with Gasteiger partial charge in [0.25, 0.3) is 0 Å². The van der Waals surface area contributed by atoms with E-state index in [0.717, 1.165) is 19.5 Å². The van der Waals surface area contributed by atoms with Gasteiger partial charge in [-0.25, -0.2) is 0 Å². The molecule has 14 heavy (non-hydrogen) atoms. The summed E-state index contributed by atoms with van der Waals surface area (Å²) in [5.41, 5.74) is 0. The molecular weight excluding hydrogens is 176 g/mol. The summed E-state index contributed by atoms with van der Waals surface area (Å²) >= 11 is 0. The molecule has 0 unspecified atom stereocenters. The average molecular weight is 194 g/mol. The predicted octanol–water partition coefficient (Wildman–Crippen LogP) is 0.724. The van der Waals surface area contributed by atoms with Crippen molar-refractivity contribution in [3.63, 3.8) is 0 Å². The first-order valence-electron chi connectivity index (χ1n) is 4.90. The van der Waals surface area contributed by atoms with Crippen LogP contribution in [0.25, 0.3) is 0 Å². The minimum absolute atomic E-state index is 0.342. The molecule has 0 saturated carbocycles. The van der Waals surface area contributed by atoms with Crippen LogP contribution in [0.15, 0.2) is 0 Å². The number of nitriles is 2. The molecule has 0 heterocycles. The standard InChI is InChI=1S/C10H18N4/c1-10(2)13-6-3-7-14(8-4-11)9-5-12/h10,13H,3,6-9H2,1-2H3. The van der Waals surface area contributed by atoms with Crippen LogP contribution in [0.3, 0.4) is 0 Å². The number of hydrogen-bond donors (Lipinski definition) is 1. The van der Waals surface area contributed by atoms with E-state index in [2.05, 4.69) is 31.3 Å². The summed E-state index contributed by atoms with van der Waals surface area (Å²) in [6.45, 7) is 6.63. The number of nitrogens with zero attached hydrogens (tertiary/aromatic N) is 3. The highest BCUT2D eigenvalue weighted by Crippen LogP contribution is 1.90. The quantitative estimate of drug-likeness (QED) is 0.479. The average Bonchev–Trinajstić information content (AvgIpc) is 2.12. The highest BCUT2D eigenvalue weighted by atomic mass is 15.1. The smallest absolute Gasteiger partial charge is 0.0874 e. The molecule has 0 bridgehead atoms. The van der Waals surface area contributed by atoms with E-state index in [-0.39, 0.29) is 0 Å². The monoisotopic (exact) mass is 194 g/mol. The maximum absolute atomic E-state index is 8.49. The van der Waals surface area contributed by atoms with E-state index < -0.39 is 0 Å². The molecule has 0 rings (SSSR count). The van der Waals surface area contributed by atoms with E-state index in [1.165, 1.54) is 0 Å². The van der Waals surface area contributed by atoms with Gasteiger partial charge in [0.05, 0.1) is 25.2 Å². The highest BCUT2D eigenvalue weighted by Gasteiger charge is 2.02. The zero-order valence-corrected chi connectivity index (χ0v) is 8.95. The Labute approximate surface area is 86.1 Å². The summed E-state index contributed by atoms with van der Waals surface area (Å²) in [5, 5.41) is 20.3. The molecule has 0 amide bonds. The number of hydrogen-bond acceptors (Lipinski definition) is 4. The lowest BCUT2D eigenvalue weighted by molar-refractivity contribution is 0.332. The normalized spacial score (nSPS) is 10.1. The van der Waals surface area contributed by atoms with Gasteiger partial charge in [0.1, 0.15) is 0 Å². The Morgan fingerprint density at radius 1 is 1.21 bits per heavy atom. The molecule has 0 aromatic heterocycles. The fourth-order valence-electron chi connectivity index (χ4n) is 1.11. The molecule has 0 fully saturated rings. The molecule has 0 saturated heterocycles. The van der Waals surface area contributed by atoms with Crippen molar-refractivity contribution in [2.24, 2.45) is 0 Å². The Hall–Kier alpha value is -1.10. The van der Waals surface area contributed by atoms with E-state index >= 15 is 0 Å². The molecule has 0 aromatic rings. The Kier molecular flexibility index (Phi) is 7.83. The first kappa shape index (κ1) is 12.9. The minimum Gasteiger partial charge on any atom is -0.314 e. The van der Waals surface area contributed by atoms with E-state index in [9.17, 15) is 0 Å². The Morgan fingerprint density at radius 3 is 2.21 bits per heavy atom. The van der Waals surface area contributed by atoms with Crippen molar-refractivity contribution in [2.45, 2.75) is 26.3 Å². The molecule has 0 atom stereocenters. The summed E-state index contributed by atoms with van der Waals surface area (Å²) < 4.78 is 0. The van der Waals surface area contributed by atoms with Gasteiger partial charge in [-0.15, -0.1) is 0 Å². The van der Waals surface area contributed by atoms with Gasteiger partial charge < -0.3 is 5.32 Å². The van der Waals surface area contributed by atoms with Crippen LogP contribution < -0.4 is 5.32 Å². The topological polar surface area (TPSA) is 62.9 Å². The van der Waals surface area contributed by atoms with Gasteiger partial charge in [0, 0.05) is 12.6 Å². The van der Waals surface area contributed by atoms with Crippen LogP contribution >= 0.6 is 0 Å². The third-order valence-electron chi connectivity index (χ3n) is 1.79. The van der Waals surface area contributed by atoms with Crippen LogP contribution in [0.4, 0.5) is 0 Å². The minimum atomic E-state index is 0.342. The molecule has 4 heteroatoms. The molecule has 0 aliphatic heterocycles. The lowest BCUT2D eigenvalue weighted by Crippen LogP contribution is -2.30. The van der Waals surface area contributed by atoms with Crippen molar-refractivity contribution < 1.29 is 0 Å². The molecular formula is C10H18N4. The van der Waals surface area contributed by atoms with E-state index in [1.54, 1.807) is 0 Å². The lowest BCUT2D eigenvalue weighted by Gasteiger charge is -2.15. The summed E-state index contributed by atoms with van der Waals surface area (Å²) in [7, 11) is 0. The molecule has 0 spiro atoms.